The van der Waals surface area contributed by atoms with E-state index < -0.39 is 11.8 Å². The maximum absolute atomic E-state index is 13.6. The fraction of sp³-hybridized carbons (Fsp3) is 0.423. The van der Waals surface area contributed by atoms with Crippen molar-refractivity contribution in [3.63, 3.8) is 0 Å². The van der Waals surface area contributed by atoms with Crippen molar-refractivity contribution in [1.29, 1.82) is 0 Å². The first-order valence-electron chi connectivity index (χ1n) is 11.6. The van der Waals surface area contributed by atoms with Gasteiger partial charge in [-0.1, -0.05) is 43.3 Å². The van der Waals surface area contributed by atoms with E-state index in [1.54, 1.807) is 17.0 Å². The molecule has 33 heavy (non-hydrogen) atoms. The van der Waals surface area contributed by atoms with Crippen LogP contribution in [0.25, 0.3) is 0 Å². The molecule has 2 aromatic rings. The van der Waals surface area contributed by atoms with Crippen molar-refractivity contribution < 1.29 is 19.1 Å². The zero-order chi connectivity index (χ0) is 23.4. The zero-order valence-electron chi connectivity index (χ0n) is 19.3. The Morgan fingerprint density at radius 2 is 1.67 bits per heavy atom. The molecule has 2 saturated heterocycles. The van der Waals surface area contributed by atoms with Gasteiger partial charge in [-0.25, -0.2) is 0 Å². The number of aryl methyl sites for hydroxylation is 1. The van der Waals surface area contributed by atoms with Gasteiger partial charge >= 0.3 is 0 Å². The van der Waals surface area contributed by atoms with E-state index in [4.69, 9.17) is 4.74 Å². The maximum Gasteiger partial charge on any atom is 0.256 e. The first-order chi connectivity index (χ1) is 16.0. The highest BCUT2D eigenvalue weighted by atomic mass is 16.5. The molecule has 7 nitrogen and oxygen atoms in total. The summed E-state index contributed by atoms with van der Waals surface area (Å²) in [5.74, 6) is -0.432. The van der Waals surface area contributed by atoms with Gasteiger partial charge in [0.2, 0.25) is 5.91 Å². The number of nitrogens with zero attached hydrogens (tertiary/aromatic N) is 2. The Morgan fingerprint density at radius 3 is 2.33 bits per heavy atom. The number of piperidine rings is 1. The third-order valence-corrected chi connectivity index (χ3v) is 6.56. The molecule has 2 aromatic carbocycles. The number of likely N-dealkylation sites (tertiary alicyclic amines) is 1. The highest BCUT2D eigenvalue weighted by Gasteiger charge is 2.54. The molecule has 0 radical (unpaired) electrons. The fourth-order valence-electron chi connectivity index (χ4n) is 4.70. The summed E-state index contributed by atoms with van der Waals surface area (Å²) in [5.41, 5.74) is 1.25. The minimum atomic E-state index is -0.899. The second-order valence-electron chi connectivity index (χ2n) is 8.71. The predicted molar refractivity (Wildman–Crippen MR) is 125 cm³/mol. The fourth-order valence-corrected chi connectivity index (χ4v) is 4.70. The van der Waals surface area contributed by atoms with Crippen LogP contribution in [0.2, 0.25) is 0 Å². The van der Waals surface area contributed by atoms with Crippen LogP contribution in [0.15, 0.2) is 54.6 Å². The molecule has 1 spiro atoms. The molecule has 0 aliphatic carbocycles. The van der Waals surface area contributed by atoms with Crippen molar-refractivity contribution in [3.8, 4) is 0 Å². The minimum absolute atomic E-state index is 0.0147. The van der Waals surface area contributed by atoms with Crippen LogP contribution >= 0.6 is 0 Å². The summed E-state index contributed by atoms with van der Waals surface area (Å²) in [6.07, 6.45) is 1.73. The van der Waals surface area contributed by atoms with E-state index in [1.807, 2.05) is 61.2 Å². The second-order valence-corrected chi connectivity index (χ2v) is 8.71. The molecule has 3 amide bonds. The molecule has 7 heteroatoms. The first kappa shape index (κ1) is 23.0. The lowest BCUT2D eigenvalue weighted by Crippen LogP contribution is -2.59. The summed E-state index contributed by atoms with van der Waals surface area (Å²) in [6, 6.07) is 15.9. The van der Waals surface area contributed by atoms with E-state index in [0.717, 1.165) is 12.0 Å². The van der Waals surface area contributed by atoms with Crippen LogP contribution in [0.4, 0.5) is 0 Å². The van der Waals surface area contributed by atoms with Gasteiger partial charge < -0.3 is 15.0 Å². The van der Waals surface area contributed by atoms with Gasteiger partial charge in [-0.2, -0.15) is 0 Å². The number of benzene rings is 2. The SMILES string of the molecule is CCCNC(=O)[C@H]1COC2(CCN(C(=O)c3ccccc3C)CC2)N1C(=O)c1ccccc1. The Bertz CT molecular complexity index is 1020. The molecular formula is C26H31N3O4. The van der Waals surface area contributed by atoms with Gasteiger partial charge in [0.05, 0.1) is 6.61 Å². The van der Waals surface area contributed by atoms with Crippen LogP contribution in [-0.2, 0) is 9.53 Å². The number of carbonyl (C=O) groups is 3. The highest BCUT2D eigenvalue weighted by molar-refractivity contribution is 5.98. The molecule has 0 saturated carbocycles. The van der Waals surface area contributed by atoms with E-state index in [2.05, 4.69) is 5.32 Å². The van der Waals surface area contributed by atoms with E-state index in [9.17, 15) is 14.4 Å². The Kier molecular flexibility index (Phi) is 6.79. The average molecular weight is 450 g/mol. The Balaban J connectivity index is 1.56. The summed E-state index contributed by atoms with van der Waals surface area (Å²) in [5, 5.41) is 2.91. The normalized spacial score (nSPS) is 19.5. The first-order valence-corrected chi connectivity index (χ1v) is 11.6. The molecule has 0 unspecified atom stereocenters. The number of nitrogens with one attached hydrogen (secondary N) is 1. The van der Waals surface area contributed by atoms with Gasteiger partial charge in [-0.15, -0.1) is 0 Å². The summed E-state index contributed by atoms with van der Waals surface area (Å²) in [6.45, 7) is 5.53. The second kappa shape index (κ2) is 9.75. The van der Waals surface area contributed by atoms with Gasteiger partial charge in [0.1, 0.15) is 11.8 Å². The van der Waals surface area contributed by atoms with Crippen molar-refractivity contribution in [1.82, 2.24) is 15.1 Å². The number of rotatable bonds is 5. The lowest BCUT2D eigenvalue weighted by molar-refractivity contribution is -0.128. The smallest absolute Gasteiger partial charge is 0.256 e. The summed E-state index contributed by atoms with van der Waals surface area (Å²) >= 11 is 0. The van der Waals surface area contributed by atoms with Crippen LogP contribution < -0.4 is 5.32 Å². The quantitative estimate of drug-likeness (QED) is 0.761. The number of ether oxygens (including phenoxy) is 1. The summed E-state index contributed by atoms with van der Waals surface area (Å²) in [4.78, 5) is 43.0. The third kappa shape index (κ3) is 4.50. The zero-order valence-corrected chi connectivity index (χ0v) is 19.3. The molecule has 2 heterocycles. The van der Waals surface area contributed by atoms with E-state index in [-0.39, 0.29) is 24.3 Å². The van der Waals surface area contributed by atoms with Gasteiger partial charge in [0.15, 0.2) is 0 Å². The average Bonchev–Trinajstić information content (AvgIpc) is 3.21. The number of hydrogen-bond donors (Lipinski definition) is 1. The Hall–Kier alpha value is -3.19. The Labute approximate surface area is 194 Å². The molecule has 1 N–H and O–H groups in total. The molecule has 0 aromatic heterocycles. The minimum Gasteiger partial charge on any atom is -0.354 e. The lowest BCUT2D eigenvalue weighted by Gasteiger charge is -2.44. The molecule has 174 valence electrons. The Morgan fingerprint density at radius 1 is 1.00 bits per heavy atom. The molecule has 2 fully saturated rings. The third-order valence-electron chi connectivity index (χ3n) is 6.56. The van der Waals surface area contributed by atoms with E-state index in [0.29, 0.717) is 43.6 Å². The molecule has 0 bridgehead atoms. The van der Waals surface area contributed by atoms with E-state index in [1.165, 1.54) is 0 Å². The standard InChI is InChI=1S/C26H31N3O4/c1-3-15-27-23(30)22-18-33-26(29(22)24(31)20-10-5-4-6-11-20)13-16-28(17-14-26)25(32)21-12-8-7-9-19(21)2/h4-12,22H,3,13-18H2,1-2H3,(H,27,30)/t22-/m1/s1. The molecule has 2 aliphatic rings. The van der Waals surface area contributed by atoms with Gasteiger partial charge in [0.25, 0.3) is 11.8 Å². The van der Waals surface area contributed by atoms with Crippen LogP contribution in [-0.4, -0.2) is 65.5 Å². The van der Waals surface area contributed by atoms with Crippen molar-refractivity contribution in [2.24, 2.45) is 0 Å². The van der Waals surface area contributed by atoms with Crippen LogP contribution in [0.5, 0.6) is 0 Å². The lowest BCUT2D eigenvalue weighted by atomic mass is 9.95. The topological polar surface area (TPSA) is 79.0 Å². The number of amides is 3. The molecular weight excluding hydrogens is 418 g/mol. The monoisotopic (exact) mass is 449 g/mol. The van der Waals surface area contributed by atoms with Gasteiger partial charge in [-0.05, 0) is 37.1 Å². The summed E-state index contributed by atoms with van der Waals surface area (Å²) < 4.78 is 6.21. The van der Waals surface area contributed by atoms with Crippen LogP contribution in [0, 0.1) is 6.92 Å². The van der Waals surface area contributed by atoms with Crippen molar-refractivity contribution in [2.45, 2.75) is 44.9 Å². The van der Waals surface area contributed by atoms with Gasteiger partial charge in [0, 0.05) is 43.6 Å². The van der Waals surface area contributed by atoms with E-state index >= 15 is 0 Å². The van der Waals surface area contributed by atoms with Crippen molar-refractivity contribution in [2.75, 3.05) is 26.2 Å². The van der Waals surface area contributed by atoms with Gasteiger partial charge in [-0.3, -0.25) is 19.3 Å². The van der Waals surface area contributed by atoms with Crippen molar-refractivity contribution >= 4 is 17.7 Å². The summed E-state index contributed by atoms with van der Waals surface area (Å²) in [7, 11) is 0. The van der Waals surface area contributed by atoms with Crippen LogP contribution in [0.1, 0.15) is 52.5 Å². The highest BCUT2D eigenvalue weighted by Crippen LogP contribution is 2.38. The molecule has 4 rings (SSSR count). The number of carbonyl (C=O) groups excluding carboxylic acids is 3. The molecule has 2 aliphatic heterocycles. The van der Waals surface area contributed by atoms with Crippen molar-refractivity contribution in [3.05, 3.63) is 71.3 Å². The largest absolute Gasteiger partial charge is 0.354 e. The molecule has 1 atom stereocenters. The predicted octanol–water partition coefficient (Wildman–Crippen LogP) is 2.99. The number of hydrogen-bond acceptors (Lipinski definition) is 4. The van der Waals surface area contributed by atoms with Crippen LogP contribution in [0.3, 0.4) is 0 Å². The maximum atomic E-state index is 13.6.